The van der Waals surface area contributed by atoms with E-state index in [9.17, 15) is 9.59 Å². The number of carbonyl (C=O) groups excluding carboxylic acids is 2. The third kappa shape index (κ3) is 7.28. The maximum Gasteiger partial charge on any atom is 0.254 e. The maximum atomic E-state index is 13.4. The van der Waals surface area contributed by atoms with Crippen LogP contribution in [0.3, 0.4) is 0 Å². The lowest BCUT2D eigenvalue weighted by Crippen LogP contribution is -2.25. The van der Waals surface area contributed by atoms with Gasteiger partial charge in [0.25, 0.3) is 5.91 Å². The molecule has 0 aliphatic heterocycles. The molecule has 0 fully saturated rings. The van der Waals surface area contributed by atoms with Crippen LogP contribution in [0.25, 0.3) is 22.5 Å². The van der Waals surface area contributed by atoms with Crippen LogP contribution < -0.4 is 10.6 Å². The number of benzene rings is 3. The number of anilines is 1. The van der Waals surface area contributed by atoms with Crippen molar-refractivity contribution in [3.63, 3.8) is 0 Å². The molecule has 0 bridgehead atoms. The van der Waals surface area contributed by atoms with Crippen LogP contribution in [0.2, 0.25) is 0 Å². The second-order valence-electron chi connectivity index (χ2n) is 10.2. The minimum atomic E-state index is -0.225. The Balaban J connectivity index is 1.19. The predicted molar refractivity (Wildman–Crippen MR) is 184 cm³/mol. The van der Waals surface area contributed by atoms with Crippen LogP contribution in [0.5, 0.6) is 0 Å². The van der Waals surface area contributed by atoms with E-state index < -0.39 is 0 Å². The van der Waals surface area contributed by atoms with Gasteiger partial charge in [-0.15, -0.1) is 21.5 Å². The standard InChI is InChI=1S/C33H27Br2N5O2S2/c34-23-14-10-21(11-15-23)29-30(22-12-16-24(35)17-13-22)39-40-33(38-29)43-19-27(41)37-32-28(25-8-4-5-9-26(25)44-32)31(42)36-18-20-6-2-1-3-7-20/h1-3,6-7,10-17H,4-5,8-9,18-19H2,(H,36,42)(H,37,41). The van der Waals surface area contributed by atoms with Crippen molar-refractivity contribution in [1.29, 1.82) is 0 Å². The molecule has 2 N–H and O–H groups in total. The Morgan fingerprint density at radius 1 is 0.818 bits per heavy atom. The Morgan fingerprint density at radius 2 is 1.48 bits per heavy atom. The van der Waals surface area contributed by atoms with Crippen molar-refractivity contribution in [2.75, 3.05) is 11.1 Å². The zero-order valence-electron chi connectivity index (χ0n) is 23.5. The number of aryl methyl sites for hydroxylation is 1. The van der Waals surface area contributed by atoms with Crippen molar-refractivity contribution in [1.82, 2.24) is 20.5 Å². The lowest BCUT2D eigenvalue weighted by atomic mass is 9.95. The number of rotatable bonds is 9. The Bertz CT molecular complexity index is 1800. The van der Waals surface area contributed by atoms with Crippen LogP contribution >= 0.6 is 55.0 Å². The van der Waals surface area contributed by atoms with E-state index in [0.29, 0.717) is 33.7 Å². The summed E-state index contributed by atoms with van der Waals surface area (Å²) >= 11 is 9.71. The molecule has 222 valence electrons. The highest BCUT2D eigenvalue weighted by Crippen LogP contribution is 2.38. The van der Waals surface area contributed by atoms with Crippen molar-refractivity contribution in [2.45, 2.75) is 37.4 Å². The summed E-state index contributed by atoms with van der Waals surface area (Å²) in [4.78, 5) is 32.6. The molecule has 0 spiro atoms. The summed E-state index contributed by atoms with van der Waals surface area (Å²) in [5.74, 6) is -0.310. The van der Waals surface area contributed by atoms with Crippen LogP contribution in [0.4, 0.5) is 5.00 Å². The van der Waals surface area contributed by atoms with Crippen molar-refractivity contribution in [2.24, 2.45) is 0 Å². The quantitative estimate of drug-likeness (QED) is 0.147. The summed E-state index contributed by atoms with van der Waals surface area (Å²) in [6, 6.07) is 25.5. The third-order valence-corrected chi connectivity index (χ3v) is 10.3. The average Bonchev–Trinajstić information content (AvgIpc) is 3.41. The Hall–Kier alpha value is -3.38. The number of carbonyl (C=O) groups is 2. The van der Waals surface area contributed by atoms with Gasteiger partial charge in [0.2, 0.25) is 11.1 Å². The van der Waals surface area contributed by atoms with E-state index in [4.69, 9.17) is 4.98 Å². The molecule has 5 aromatic rings. The number of nitrogens with zero attached hydrogens (tertiary/aromatic N) is 3. The van der Waals surface area contributed by atoms with E-state index in [1.807, 2.05) is 78.9 Å². The third-order valence-electron chi connectivity index (χ3n) is 7.18. The number of halogens is 2. The monoisotopic (exact) mass is 747 g/mol. The lowest BCUT2D eigenvalue weighted by molar-refractivity contribution is -0.113. The first-order valence-corrected chi connectivity index (χ1v) is 17.5. The molecule has 0 saturated heterocycles. The van der Waals surface area contributed by atoms with E-state index in [-0.39, 0.29) is 17.6 Å². The number of fused-ring (bicyclic) bond motifs is 1. The van der Waals surface area contributed by atoms with Crippen molar-refractivity contribution in [3.8, 4) is 22.5 Å². The fourth-order valence-electron chi connectivity index (χ4n) is 5.04. The van der Waals surface area contributed by atoms with Crippen molar-refractivity contribution >= 4 is 71.8 Å². The molecular weight excluding hydrogens is 722 g/mol. The molecule has 0 atom stereocenters. The summed E-state index contributed by atoms with van der Waals surface area (Å²) in [6.07, 6.45) is 3.89. The second kappa shape index (κ2) is 14.2. The van der Waals surface area contributed by atoms with Gasteiger partial charge >= 0.3 is 0 Å². The Morgan fingerprint density at radius 3 is 2.18 bits per heavy atom. The Kier molecular flexibility index (Phi) is 9.85. The largest absolute Gasteiger partial charge is 0.348 e. The van der Waals surface area contributed by atoms with Gasteiger partial charge < -0.3 is 10.6 Å². The summed E-state index contributed by atoms with van der Waals surface area (Å²) in [5, 5.41) is 15.9. The van der Waals surface area contributed by atoms with Crippen molar-refractivity contribution < 1.29 is 9.59 Å². The fraction of sp³-hybridized carbons (Fsp3) is 0.182. The second-order valence-corrected chi connectivity index (χ2v) is 14.1. The molecule has 2 heterocycles. The van der Waals surface area contributed by atoms with E-state index >= 15 is 0 Å². The summed E-state index contributed by atoms with van der Waals surface area (Å²) in [6.45, 7) is 0.425. The first-order valence-electron chi connectivity index (χ1n) is 14.1. The van der Waals surface area contributed by atoms with Crippen LogP contribution in [0.15, 0.2) is 93.0 Å². The van der Waals surface area contributed by atoms with E-state index in [1.54, 1.807) is 0 Å². The Labute approximate surface area is 280 Å². The predicted octanol–water partition coefficient (Wildman–Crippen LogP) is 8.33. The SMILES string of the molecule is O=C(CSc1nnc(-c2ccc(Br)cc2)c(-c2ccc(Br)cc2)n1)Nc1sc2c(c1C(=O)NCc1ccccc1)CCCC2. The molecule has 6 rings (SSSR count). The zero-order valence-corrected chi connectivity index (χ0v) is 28.3. The molecule has 0 radical (unpaired) electrons. The highest BCUT2D eigenvalue weighted by molar-refractivity contribution is 9.10. The molecule has 0 unspecified atom stereocenters. The molecule has 2 amide bonds. The summed E-state index contributed by atoms with van der Waals surface area (Å²) < 4.78 is 1.93. The van der Waals surface area contributed by atoms with E-state index in [1.165, 1.54) is 28.0 Å². The number of amides is 2. The van der Waals surface area contributed by atoms with Gasteiger partial charge in [0.05, 0.1) is 11.3 Å². The number of hydrogen-bond donors (Lipinski definition) is 2. The number of thioether (sulfide) groups is 1. The van der Waals surface area contributed by atoms with Gasteiger partial charge in [-0.3, -0.25) is 9.59 Å². The molecular formula is C33H27Br2N5O2S2. The minimum absolute atomic E-state index is 0.0761. The minimum Gasteiger partial charge on any atom is -0.348 e. The molecule has 11 heteroatoms. The van der Waals surface area contributed by atoms with Crippen LogP contribution in [-0.2, 0) is 24.2 Å². The van der Waals surface area contributed by atoms with Gasteiger partial charge in [-0.05, 0) is 61.1 Å². The highest BCUT2D eigenvalue weighted by Gasteiger charge is 2.26. The molecule has 2 aromatic heterocycles. The summed E-state index contributed by atoms with van der Waals surface area (Å²) in [7, 11) is 0. The van der Waals surface area contributed by atoms with Gasteiger partial charge in [-0.1, -0.05) is 98.2 Å². The number of aromatic nitrogens is 3. The molecule has 1 aliphatic carbocycles. The smallest absolute Gasteiger partial charge is 0.254 e. The van der Waals surface area contributed by atoms with Gasteiger partial charge in [0.1, 0.15) is 16.4 Å². The average molecular weight is 750 g/mol. The van der Waals surface area contributed by atoms with Gasteiger partial charge in [-0.2, -0.15) is 0 Å². The molecule has 1 aliphatic rings. The van der Waals surface area contributed by atoms with E-state index in [0.717, 1.165) is 56.9 Å². The summed E-state index contributed by atoms with van der Waals surface area (Å²) in [5.41, 5.74) is 5.79. The molecule has 44 heavy (non-hydrogen) atoms. The highest BCUT2D eigenvalue weighted by atomic mass is 79.9. The van der Waals surface area contributed by atoms with Gasteiger partial charge in [0, 0.05) is 31.5 Å². The van der Waals surface area contributed by atoms with Crippen LogP contribution in [-0.4, -0.2) is 32.7 Å². The number of nitrogens with one attached hydrogen (secondary N) is 2. The van der Waals surface area contributed by atoms with E-state index in [2.05, 4.69) is 52.7 Å². The lowest BCUT2D eigenvalue weighted by Gasteiger charge is -2.13. The normalized spacial score (nSPS) is 12.4. The maximum absolute atomic E-state index is 13.4. The molecule has 7 nitrogen and oxygen atoms in total. The fourth-order valence-corrected chi connectivity index (χ4v) is 7.46. The van der Waals surface area contributed by atoms with Gasteiger partial charge in [0.15, 0.2) is 0 Å². The number of thiophene rings is 1. The van der Waals surface area contributed by atoms with Crippen LogP contribution in [0.1, 0.15) is 39.2 Å². The first kappa shape index (κ1) is 30.6. The topological polar surface area (TPSA) is 96.9 Å². The van der Waals surface area contributed by atoms with Crippen LogP contribution in [0, 0.1) is 0 Å². The van der Waals surface area contributed by atoms with Crippen molar-refractivity contribution in [3.05, 3.63) is 109 Å². The first-order chi connectivity index (χ1) is 21.4. The van der Waals surface area contributed by atoms with Gasteiger partial charge in [-0.25, -0.2) is 4.98 Å². The molecule has 3 aromatic carbocycles. The number of hydrogen-bond acceptors (Lipinski definition) is 7. The molecule has 0 saturated carbocycles. The zero-order chi connectivity index (χ0) is 30.5.